The smallest absolute Gasteiger partial charge is 0.343 e. The van der Waals surface area contributed by atoms with E-state index >= 15 is 0 Å². The Balaban J connectivity index is 1.82. The number of methoxy groups -OCH3 is 1. The number of hydrogen-bond acceptors (Lipinski definition) is 8. The molecule has 33 heavy (non-hydrogen) atoms. The number of carbonyl (C=O) groups is 2. The van der Waals surface area contributed by atoms with Crippen LogP contribution in [0.2, 0.25) is 0 Å². The van der Waals surface area contributed by atoms with Crippen molar-refractivity contribution in [1.29, 1.82) is 5.26 Å². The quantitative estimate of drug-likeness (QED) is 0.236. The van der Waals surface area contributed by atoms with Crippen molar-refractivity contribution in [2.45, 2.75) is 13.8 Å². The third-order valence-corrected chi connectivity index (χ3v) is 4.32. The van der Waals surface area contributed by atoms with Gasteiger partial charge in [-0.15, -0.1) is 0 Å². The number of benzene rings is 2. The Morgan fingerprint density at radius 1 is 1.18 bits per heavy atom. The molecule has 0 unspecified atom stereocenters. The minimum Gasteiger partial charge on any atom is -0.497 e. The number of rotatable bonds is 8. The van der Waals surface area contributed by atoms with Gasteiger partial charge in [0.1, 0.15) is 23.2 Å². The van der Waals surface area contributed by atoms with Gasteiger partial charge in [0, 0.05) is 6.07 Å². The van der Waals surface area contributed by atoms with Crippen molar-refractivity contribution in [3.8, 4) is 23.3 Å². The van der Waals surface area contributed by atoms with Crippen molar-refractivity contribution in [3.05, 3.63) is 71.0 Å². The Labute approximate surface area is 190 Å². The van der Waals surface area contributed by atoms with Crippen LogP contribution >= 0.6 is 0 Å². The maximum atomic E-state index is 12.6. The minimum absolute atomic E-state index is 0.153. The molecule has 9 nitrogen and oxygen atoms in total. The van der Waals surface area contributed by atoms with Crippen molar-refractivity contribution in [1.82, 2.24) is 5.16 Å². The van der Waals surface area contributed by atoms with Gasteiger partial charge < -0.3 is 24.1 Å². The summed E-state index contributed by atoms with van der Waals surface area (Å²) in [5, 5.41) is 15.6. The van der Waals surface area contributed by atoms with Crippen LogP contribution in [0.5, 0.6) is 17.2 Å². The Hall–Kier alpha value is -4.58. The fourth-order valence-electron chi connectivity index (χ4n) is 2.80. The Morgan fingerprint density at radius 3 is 2.67 bits per heavy atom. The average molecular weight is 447 g/mol. The van der Waals surface area contributed by atoms with Crippen LogP contribution in [-0.2, 0) is 4.79 Å². The van der Waals surface area contributed by atoms with E-state index in [2.05, 4.69) is 10.5 Å². The summed E-state index contributed by atoms with van der Waals surface area (Å²) in [5.41, 5.74) is 0.661. The van der Waals surface area contributed by atoms with E-state index in [9.17, 15) is 14.9 Å². The molecule has 1 heterocycles. The summed E-state index contributed by atoms with van der Waals surface area (Å²) in [6, 6.07) is 14.7. The molecule has 0 radical (unpaired) electrons. The molecule has 0 spiro atoms. The van der Waals surface area contributed by atoms with E-state index in [0.717, 1.165) is 0 Å². The normalized spacial score (nSPS) is 10.8. The van der Waals surface area contributed by atoms with Crippen LogP contribution in [0.25, 0.3) is 6.08 Å². The summed E-state index contributed by atoms with van der Waals surface area (Å²) >= 11 is 0. The molecule has 0 aliphatic heterocycles. The van der Waals surface area contributed by atoms with E-state index < -0.39 is 11.9 Å². The number of aryl methyl sites for hydroxylation is 1. The van der Waals surface area contributed by atoms with Crippen molar-refractivity contribution in [2.75, 3.05) is 19.0 Å². The molecule has 1 N–H and O–H groups in total. The third kappa shape index (κ3) is 5.98. The molecule has 0 saturated heterocycles. The molecular weight excluding hydrogens is 426 g/mol. The molecule has 2 aromatic carbocycles. The molecule has 168 valence electrons. The summed E-state index contributed by atoms with van der Waals surface area (Å²) in [7, 11) is 1.51. The van der Waals surface area contributed by atoms with E-state index in [1.807, 2.05) is 6.07 Å². The minimum atomic E-state index is -0.641. The predicted octanol–water partition coefficient (Wildman–Crippen LogP) is 4.16. The summed E-state index contributed by atoms with van der Waals surface area (Å²) in [5.74, 6) is 0.505. The van der Waals surface area contributed by atoms with E-state index in [-0.39, 0.29) is 22.9 Å². The van der Waals surface area contributed by atoms with Crippen LogP contribution < -0.4 is 19.5 Å². The Morgan fingerprint density at radius 2 is 2.00 bits per heavy atom. The first kappa shape index (κ1) is 23.1. The number of ether oxygens (including phenoxy) is 3. The van der Waals surface area contributed by atoms with E-state index in [1.165, 1.54) is 25.3 Å². The lowest BCUT2D eigenvalue weighted by Gasteiger charge is -2.12. The predicted molar refractivity (Wildman–Crippen MR) is 119 cm³/mol. The molecule has 0 fully saturated rings. The van der Waals surface area contributed by atoms with Gasteiger partial charge in [-0.05, 0) is 55.8 Å². The van der Waals surface area contributed by atoms with Gasteiger partial charge in [-0.3, -0.25) is 4.79 Å². The zero-order valence-electron chi connectivity index (χ0n) is 18.2. The summed E-state index contributed by atoms with van der Waals surface area (Å²) < 4.78 is 21.1. The highest BCUT2D eigenvalue weighted by Gasteiger charge is 2.16. The monoisotopic (exact) mass is 447 g/mol. The van der Waals surface area contributed by atoms with Crippen LogP contribution in [0.15, 0.2) is 58.6 Å². The Bertz CT molecular complexity index is 1240. The number of amides is 1. The summed E-state index contributed by atoms with van der Waals surface area (Å²) in [4.78, 5) is 25.0. The number of hydrogen-bond donors (Lipinski definition) is 1. The SMILES string of the molecule is CCOc1cc(/C=C(/C#N)C(=O)Nc2cc(C)on2)ccc1OC(=O)c1cccc(OC)c1. The van der Waals surface area contributed by atoms with Crippen LogP contribution in [0, 0.1) is 18.3 Å². The zero-order chi connectivity index (χ0) is 23.8. The van der Waals surface area contributed by atoms with Crippen LogP contribution in [0.1, 0.15) is 28.6 Å². The molecule has 1 amide bonds. The first-order valence-corrected chi connectivity index (χ1v) is 9.93. The standard InChI is InChI=1S/C24H21N3O6/c1-4-31-21-12-16(11-18(14-25)23(28)26-22-10-15(2)33-27-22)8-9-20(21)32-24(29)17-6-5-7-19(13-17)30-3/h5-13H,4H2,1-3H3,(H,26,27,28)/b18-11-. The van der Waals surface area contributed by atoms with E-state index in [4.69, 9.17) is 18.7 Å². The third-order valence-electron chi connectivity index (χ3n) is 4.32. The lowest BCUT2D eigenvalue weighted by atomic mass is 10.1. The number of nitrogens with one attached hydrogen (secondary N) is 1. The molecule has 0 saturated carbocycles. The van der Waals surface area contributed by atoms with Crippen molar-refractivity contribution >= 4 is 23.8 Å². The molecule has 0 atom stereocenters. The van der Waals surface area contributed by atoms with Crippen molar-refractivity contribution in [2.24, 2.45) is 0 Å². The summed E-state index contributed by atoms with van der Waals surface area (Å²) in [6.07, 6.45) is 1.39. The molecule has 9 heteroatoms. The maximum absolute atomic E-state index is 12.6. The van der Waals surface area contributed by atoms with Gasteiger partial charge in [-0.1, -0.05) is 17.3 Å². The molecule has 1 aromatic heterocycles. The van der Waals surface area contributed by atoms with Gasteiger partial charge in [0.2, 0.25) is 0 Å². The average Bonchev–Trinajstić information content (AvgIpc) is 3.23. The van der Waals surface area contributed by atoms with E-state index in [1.54, 1.807) is 50.2 Å². The zero-order valence-corrected chi connectivity index (χ0v) is 18.2. The molecule has 0 aliphatic rings. The van der Waals surface area contributed by atoms with E-state index in [0.29, 0.717) is 29.2 Å². The van der Waals surface area contributed by atoms with Gasteiger partial charge in [0.25, 0.3) is 5.91 Å². The lowest BCUT2D eigenvalue weighted by molar-refractivity contribution is -0.112. The molecule has 3 aromatic rings. The first-order chi connectivity index (χ1) is 15.9. The first-order valence-electron chi connectivity index (χ1n) is 9.93. The second-order valence-electron chi connectivity index (χ2n) is 6.71. The van der Waals surface area contributed by atoms with Crippen LogP contribution in [-0.4, -0.2) is 30.7 Å². The molecule has 3 rings (SSSR count). The topological polar surface area (TPSA) is 124 Å². The fraction of sp³-hybridized carbons (Fsp3) is 0.167. The summed E-state index contributed by atoms with van der Waals surface area (Å²) in [6.45, 7) is 3.78. The van der Waals surface area contributed by atoms with Gasteiger partial charge in [-0.2, -0.15) is 5.26 Å². The van der Waals surface area contributed by atoms with Gasteiger partial charge in [0.05, 0.1) is 19.3 Å². The number of anilines is 1. The second-order valence-corrected chi connectivity index (χ2v) is 6.71. The number of nitriles is 1. The van der Waals surface area contributed by atoms with Crippen LogP contribution in [0.4, 0.5) is 5.82 Å². The number of esters is 1. The highest BCUT2D eigenvalue weighted by molar-refractivity contribution is 6.09. The highest BCUT2D eigenvalue weighted by Crippen LogP contribution is 2.30. The second kappa shape index (κ2) is 10.6. The number of carbonyl (C=O) groups excluding carboxylic acids is 2. The molecule has 0 bridgehead atoms. The number of aromatic nitrogens is 1. The van der Waals surface area contributed by atoms with Crippen LogP contribution in [0.3, 0.4) is 0 Å². The van der Waals surface area contributed by atoms with Gasteiger partial charge >= 0.3 is 5.97 Å². The van der Waals surface area contributed by atoms with Gasteiger partial charge in [0.15, 0.2) is 17.3 Å². The molecular formula is C24H21N3O6. The van der Waals surface area contributed by atoms with Crippen molar-refractivity contribution < 1.29 is 28.3 Å². The fourth-order valence-corrected chi connectivity index (χ4v) is 2.80. The number of nitrogens with zero attached hydrogens (tertiary/aromatic N) is 2. The largest absolute Gasteiger partial charge is 0.497 e. The lowest BCUT2D eigenvalue weighted by Crippen LogP contribution is -2.13. The van der Waals surface area contributed by atoms with Gasteiger partial charge in [-0.25, -0.2) is 4.79 Å². The Kier molecular flexibility index (Phi) is 7.44. The van der Waals surface area contributed by atoms with Crippen molar-refractivity contribution in [3.63, 3.8) is 0 Å². The maximum Gasteiger partial charge on any atom is 0.343 e. The highest BCUT2D eigenvalue weighted by atomic mass is 16.6. The molecule has 0 aliphatic carbocycles.